The number of rotatable bonds is 2. The Kier molecular flexibility index (Phi) is 4.01. The Morgan fingerprint density at radius 1 is 1.06 bits per heavy atom. The van der Waals surface area contributed by atoms with Gasteiger partial charge in [-0.1, -0.05) is 6.92 Å². The lowest BCUT2D eigenvalue weighted by Crippen LogP contribution is -2.64. The van der Waals surface area contributed by atoms with Crippen LogP contribution in [-0.4, -0.2) is 34.1 Å². The molecule has 0 saturated carbocycles. The van der Waals surface area contributed by atoms with Crippen molar-refractivity contribution in [3.05, 3.63) is 0 Å². The van der Waals surface area contributed by atoms with Gasteiger partial charge in [0.15, 0.2) is 0 Å². The van der Waals surface area contributed by atoms with Crippen LogP contribution in [0.4, 0.5) is 0 Å². The number of piperidine rings is 1. The van der Waals surface area contributed by atoms with Crippen molar-refractivity contribution in [1.29, 1.82) is 0 Å². The topological polar surface area (TPSA) is 15.3 Å². The molecule has 1 heterocycles. The van der Waals surface area contributed by atoms with E-state index in [1.165, 1.54) is 12.8 Å². The van der Waals surface area contributed by atoms with Crippen LogP contribution in [0.3, 0.4) is 0 Å². The second-order valence-corrected chi connectivity index (χ2v) is 7.91. The number of hydrogen-bond donors (Lipinski definition) is 1. The Hall–Kier alpha value is -0.0800. The van der Waals surface area contributed by atoms with Crippen LogP contribution in [0.2, 0.25) is 0 Å². The van der Waals surface area contributed by atoms with Gasteiger partial charge in [0.1, 0.15) is 0 Å². The van der Waals surface area contributed by atoms with Gasteiger partial charge in [-0.3, -0.25) is 4.90 Å². The molecule has 0 aromatic rings. The van der Waals surface area contributed by atoms with Crippen molar-refractivity contribution in [2.45, 2.75) is 90.9 Å². The molecule has 2 heteroatoms. The molecule has 0 aliphatic carbocycles. The van der Waals surface area contributed by atoms with Crippen LogP contribution in [0.5, 0.6) is 0 Å². The van der Waals surface area contributed by atoms with E-state index in [1.807, 2.05) is 0 Å². The highest BCUT2D eigenvalue weighted by molar-refractivity contribution is 5.01. The first-order valence-corrected chi connectivity index (χ1v) is 7.03. The predicted octanol–water partition coefficient (Wildman–Crippen LogP) is 3.42. The van der Waals surface area contributed by atoms with E-state index < -0.39 is 0 Å². The zero-order chi connectivity index (χ0) is 13.5. The van der Waals surface area contributed by atoms with E-state index in [9.17, 15) is 0 Å². The van der Waals surface area contributed by atoms with E-state index >= 15 is 0 Å². The van der Waals surface area contributed by atoms with Crippen LogP contribution in [0, 0.1) is 0 Å². The van der Waals surface area contributed by atoms with Crippen LogP contribution >= 0.6 is 0 Å². The molecule has 1 fully saturated rings. The Morgan fingerprint density at radius 2 is 1.47 bits per heavy atom. The largest absolute Gasteiger partial charge is 0.307 e. The lowest BCUT2D eigenvalue weighted by atomic mass is 9.78. The van der Waals surface area contributed by atoms with E-state index in [4.69, 9.17) is 0 Å². The molecule has 102 valence electrons. The maximum absolute atomic E-state index is 3.77. The van der Waals surface area contributed by atoms with Crippen molar-refractivity contribution in [3.8, 4) is 0 Å². The van der Waals surface area contributed by atoms with Gasteiger partial charge < -0.3 is 5.32 Å². The Morgan fingerprint density at radius 3 is 1.76 bits per heavy atom. The summed E-state index contributed by atoms with van der Waals surface area (Å²) in [6, 6.07) is 0.686. The summed E-state index contributed by atoms with van der Waals surface area (Å²) in [7, 11) is 0. The van der Waals surface area contributed by atoms with Crippen LogP contribution in [-0.2, 0) is 0 Å². The fraction of sp³-hybridized carbons (Fsp3) is 1.00. The van der Waals surface area contributed by atoms with Gasteiger partial charge in [-0.2, -0.15) is 0 Å². The summed E-state index contributed by atoms with van der Waals surface area (Å²) in [4.78, 5) is 2.66. The third-order valence-corrected chi connectivity index (χ3v) is 3.81. The zero-order valence-electron chi connectivity index (χ0n) is 13.1. The first-order chi connectivity index (χ1) is 7.47. The minimum atomic E-state index is 0.241. The quantitative estimate of drug-likeness (QED) is 0.795. The lowest BCUT2D eigenvalue weighted by molar-refractivity contribution is 0.0163. The van der Waals surface area contributed by atoms with Gasteiger partial charge in [-0.15, -0.1) is 0 Å². The first-order valence-electron chi connectivity index (χ1n) is 7.03. The summed E-state index contributed by atoms with van der Waals surface area (Å²) in [5, 5.41) is 3.77. The van der Waals surface area contributed by atoms with Crippen molar-refractivity contribution >= 4 is 0 Å². The van der Waals surface area contributed by atoms with E-state index in [-0.39, 0.29) is 16.6 Å². The van der Waals surface area contributed by atoms with Gasteiger partial charge in [0.05, 0.1) is 0 Å². The van der Waals surface area contributed by atoms with Crippen LogP contribution in [0.1, 0.15) is 68.2 Å². The molecular weight excluding hydrogens is 208 g/mol. The number of nitrogens with zero attached hydrogens (tertiary/aromatic N) is 1. The molecule has 0 amide bonds. The minimum Gasteiger partial charge on any atom is -0.307 e. The van der Waals surface area contributed by atoms with Crippen molar-refractivity contribution in [2.24, 2.45) is 0 Å². The molecule has 0 spiro atoms. The third-order valence-electron chi connectivity index (χ3n) is 3.81. The van der Waals surface area contributed by atoms with Crippen molar-refractivity contribution in [2.75, 3.05) is 6.54 Å². The van der Waals surface area contributed by atoms with Gasteiger partial charge in [0, 0.05) is 22.7 Å². The molecule has 0 radical (unpaired) electrons. The molecular formula is C15H32N2. The van der Waals surface area contributed by atoms with Crippen molar-refractivity contribution in [3.63, 3.8) is 0 Å². The van der Waals surface area contributed by atoms with Crippen LogP contribution in [0.25, 0.3) is 0 Å². The predicted molar refractivity (Wildman–Crippen MR) is 76.4 cm³/mol. The molecule has 1 rings (SSSR count). The molecule has 0 unspecified atom stereocenters. The lowest BCUT2D eigenvalue weighted by Gasteiger charge is -2.52. The van der Waals surface area contributed by atoms with E-state index in [1.54, 1.807) is 0 Å². The standard InChI is InChI=1S/C15H32N2/c1-9-17(13(2,3)4)12-10-14(5,6)16-15(7,8)11-12/h12,16H,9-11H2,1-8H3. The maximum Gasteiger partial charge on any atom is 0.0145 e. The smallest absolute Gasteiger partial charge is 0.0145 e. The molecule has 2 nitrogen and oxygen atoms in total. The second-order valence-electron chi connectivity index (χ2n) is 7.91. The van der Waals surface area contributed by atoms with Crippen LogP contribution in [0.15, 0.2) is 0 Å². The summed E-state index contributed by atoms with van der Waals surface area (Å²) >= 11 is 0. The molecule has 1 N–H and O–H groups in total. The Bertz CT molecular complexity index is 245. The number of hydrogen-bond acceptors (Lipinski definition) is 2. The summed E-state index contributed by atoms with van der Waals surface area (Å²) in [6.07, 6.45) is 2.48. The molecule has 1 saturated heterocycles. The normalized spacial score (nSPS) is 25.2. The van der Waals surface area contributed by atoms with Gasteiger partial charge in [0.25, 0.3) is 0 Å². The molecule has 0 aromatic carbocycles. The average Bonchev–Trinajstić information content (AvgIpc) is 1.94. The van der Waals surface area contributed by atoms with Gasteiger partial charge >= 0.3 is 0 Å². The molecule has 0 atom stereocenters. The van der Waals surface area contributed by atoms with Gasteiger partial charge in [-0.25, -0.2) is 0 Å². The summed E-state index contributed by atoms with van der Waals surface area (Å²) in [5.74, 6) is 0. The maximum atomic E-state index is 3.77. The molecule has 0 aromatic heterocycles. The summed E-state index contributed by atoms with van der Waals surface area (Å²) in [5.41, 5.74) is 0.749. The fourth-order valence-corrected chi connectivity index (χ4v) is 3.77. The highest BCUT2D eigenvalue weighted by Crippen LogP contribution is 2.34. The molecule has 1 aliphatic rings. The zero-order valence-corrected chi connectivity index (χ0v) is 13.1. The van der Waals surface area contributed by atoms with Crippen molar-refractivity contribution in [1.82, 2.24) is 10.2 Å². The highest BCUT2D eigenvalue weighted by atomic mass is 15.2. The molecule has 17 heavy (non-hydrogen) atoms. The van der Waals surface area contributed by atoms with E-state index in [0.717, 1.165) is 6.54 Å². The van der Waals surface area contributed by atoms with Crippen LogP contribution < -0.4 is 5.32 Å². The number of nitrogens with one attached hydrogen (secondary N) is 1. The van der Waals surface area contributed by atoms with E-state index in [2.05, 4.69) is 65.6 Å². The Labute approximate surface area is 108 Å². The molecule has 0 bridgehead atoms. The van der Waals surface area contributed by atoms with Gasteiger partial charge in [0.2, 0.25) is 0 Å². The van der Waals surface area contributed by atoms with Crippen molar-refractivity contribution < 1.29 is 0 Å². The third kappa shape index (κ3) is 3.96. The Balaban J connectivity index is 2.90. The summed E-state index contributed by atoms with van der Waals surface area (Å²) in [6.45, 7) is 19.7. The highest BCUT2D eigenvalue weighted by Gasteiger charge is 2.41. The first kappa shape index (κ1) is 15.0. The van der Waals surface area contributed by atoms with E-state index in [0.29, 0.717) is 6.04 Å². The fourth-order valence-electron chi connectivity index (χ4n) is 3.77. The minimum absolute atomic E-state index is 0.241. The average molecular weight is 240 g/mol. The monoisotopic (exact) mass is 240 g/mol. The second kappa shape index (κ2) is 4.55. The SMILES string of the molecule is CCN(C1CC(C)(C)NC(C)(C)C1)C(C)(C)C. The summed E-state index contributed by atoms with van der Waals surface area (Å²) < 4.78 is 0. The molecule has 1 aliphatic heterocycles. The van der Waals surface area contributed by atoms with Gasteiger partial charge in [-0.05, 0) is 67.9 Å².